The lowest BCUT2D eigenvalue weighted by Gasteiger charge is -2.03. The van der Waals surface area contributed by atoms with Crippen LogP contribution in [0.25, 0.3) is 22.6 Å². The number of ether oxygens (including phenoxy) is 1. The molecule has 6 nitrogen and oxygen atoms in total. The summed E-state index contributed by atoms with van der Waals surface area (Å²) in [4.78, 5) is 16.2. The van der Waals surface area contributed by atoms with Crippen LogP contribution in [-0.4, -0.2) is 32.7 Å². The third-order valence-corrected chi connectivity index (χ3v) is 4.71. The van der Waals surface area contributed by atoms with Gasteiger partial charge in [0.05, 0.1) is 12.0 Å². The van der Waals surface area contributed by atoms with Crippen LogP contribution in [-0.2, 0) is 14.6 Å². The van der Waals surface area contributed by atoms with Crippen molar-refractivity contribution in [3.8, 4) is 22.6 Å². The van der Waals surface area contributed by atoms with E-state index in [9.17, 15) is 13.2 Å². The first-order chi connectivity index (χ1) is 11.9. The first-order valence-corrected chi connectivity index (χ1v) is 9.24. The predicted molar refractivity (Wildman–Crippen MR) is 91.8 cm³/mol. The molecule has 3 rings (SSSR count). The van der Waals surface area contributed by atoms with E-state index < -0.39 is 15.8 Å². The molecule has 1 heterocycles. The van der Waals surface area contributed by atoms with Crippen molar-refractivity contribution in [3.63, 3.8) is 0 Å². The number of hydrogen-bond donors (Lipinski definition) is 0. The van der Waals surface area contributed by atoms with Crippen molar-refractivity contribution < 1.29 is 22.4 Å². The minimum Gasteiger partial charge on any atom is -0.462 e. The molecule has 0 N–H and O–H groups in total. The Hall–Kier alpha value is -2.93. The number of esters is 1. The highest BCUT2D eigenvalue weighted by molar-refractivity contribution is 7.90. The zero-order valence-electron chi connectivity index (χ0n) is 13.6. The largest absolute Gasteiger partial charge is 0.462 e. The second-order valence-corrected chi connectivity index (χ2v) is 7.37. The van der Waals surface area contributed by atoms with E-state index in [-0.39, 0.29) is 10.8 Å². The average molecular weight is 357 g/mol. The van der Waals surface area contributed by atoms with E-state index in [0.717, 1.165) is 11.8 Å². The highest BCUT2D eigenvalue weighted by atomic mass is 32.2. The van der Waals surface area contributed by atoms with E-state index in [2.05, 4.69) is 9.72 Å². The van der Waals surface area contributed by atoms with Crippen LogP contribution in [0.4, 0.5) is 0 Å². The summed E-state index contributed by atoms with van der Waals surface area (Å²) in [7, 11) is -2.05. The second-order valence-electron chi connectivity index (χ2n) is 5.35. The number of benzene rings is 2. The molecule has 2 aromatic carbocycles. The fraction of sp³-hybridized carbons (Fsp3) is 0.111. The molecule has 0 saturated heterocycles. The van der Waals surface area contributed by atoms with Crippen LogP contribution in [0.2, 0.25) is 0 Å². The van der Waals surface area contributed by atoms with Crippen LogP contribution in [0.1, 0.15) is 10.7 Å². The van der Waals surface area contributed by atoms with Gasteiger partial charge in [-0.2, -0.15) is 0 Å². The highest BCUT2D eigenvalue weighted by Gasteiger charge is 2.22. The van der Waals surface area contributed by atoms with Crippen molar-refractivity contribution in [3.05, 3.63) is 60.5 Å². The molecule has 7 heteroatoms. The van der Waals surface area contributed by atoms with E-state index >= 15 is 0 Å². The topological polar surface area (TPSA) is 86.5 Å². The minimum absolute atomic E-state index is 0.163. The van der Waals surface area contributed by atoms with Crippen LogP contribution in [0.5, 0.6) is 0 Å². The van der Waals surface area contributed by atoms with Gasteiger partial charge in [-0.3, -0.25) is 0 Å². The first kappa shape index (κ1) is 16.9. The molecule has 0 bridgehead atoms. The van der Waals surface area contributed by atoms with Crippen LogP contribution in [0.3, 0.4) is 0 Å². The molecular weight excluding hydrogens is 342 g/mol. The lowest BCUT2D eigenvalue weighted by Crippen LogP contribution is -2.01. The molecule has 1 aromatic heterocycles. The summed E-state index contributed by atoms with van der Waals surface area (Å²) in [5, 5.41) is 0. The third-order valence-electron chi connectivity index (χ3n) is 3.58. The Bertz CT molecular complexity index is 1010. The van der Waals surface area contributed by atoms with Crippen molar-refractivity contribution >= 4 is 15.8 Å². The van der Waals surface area contributed by atoms with Gasteiger partial charge in [-0.05, 0) is 12.1 Å². The quantitative estimate of drug-likeness (QED) is 0.667. The summed E-state index contributed by atoms with van der Waals surface area (Å²) in [5.41, 5.74) is 1.81. The fourth-order valence-corrected chi connectivity index (χ4v) is 2.97. The molecule has 0 unspecified atom stereocenters. The molecule has 0 radical (unpaired) electrons. The standard InChI is InChI=1S/C18H15NO5S/c1-23-18(20)17-19-15(16(24-17)13-6-4-3-5-7-13)12-8-10-14(11-9-12)25(2,21)22/h3-11H,1-2H3. The Kier molecular flexibility index (Phi) is 4.41. The minimum atomic E-state index is -3.29. The summed E-state index contributed by atoms with van der Waals surface area (Å²) in [6.45, 7) is 0. The smallest absolute Gasteiger partial charge is 0.394 e. The van der Waals surface area contributed by atoms with Crippen molar-refractivity contribution in [1.29, 1.82) is 0 Å². The number of methoxy groups -OCH3 is 1. The average Bonchev–Trinajstić information content (AvgIpc) is 3.06. The van der Waals surface area contributed by atoms with Crippen molar-refractivity contribution in [2.75, 3.05) is 13.4 Å². The molecule has 128 valence electrons. The maximum absolute atomic E-state index is 11.8. The number of rotatable bonds is 4. The van der Waals surface area contributed by atoms with E-state index in [1.54, 1.807) is 12.1 Å². The lowest BCUT2D eigenvalue weighted by atomic mass is 10.1. The number of carbonyl (C=O) groups is 1. The molecule has 0 fully saturated rings. The van der Waals surface area contributed by atoms with Gasteiger partial charge in [-0.25, -0.2) is 18.2 Å². The molecule has 0 spiro atoms. The van der Waals surface area contributed by atoms with Gasteiger partial charge in [0.25, 0.3) is 0 Å². The summed E-state index contributed by atoms with van der Waals surface area (Å²) >= 11 is 0. The molecule has 0 aliphatic rings. The number of hydrogen-bond acceptors (Lipinski definition) is 6. The van der Waals surface area contributed by atoms with Crippen molar-refractivity contribution in [2.45, 2.75) is 4.90 Å². The van der Waals surface area contributed by atoms with Gasteiger partial charge < -0.3 is 9.15 Å². The van der Waals surface area contributed by atoms with Crippen LogP contribution in [0.15, 0.2) is 63.9 Å². The van der Waals surface area contributed by atoms with E-state index in [4.69, 9.17) is 4.42 Å². The van der Waals surface area contributed by atoms with E-state index in [1.807, 2.05) is 30.3 Å². The van der Waals surface area contributed by atoms with Gasteiger partial charge in [-0.15, -0.1) is 0 Å². The Morgan fingerprint density at radius 2 is 1.64 bits per heavy atom. The maximum Gasteiger partial charge on any atom is 0.394 e. The maximum atomic E-state index is 11.8. The molecule has 0 saturated carbocycles. The summed E-state index contributed by atoms with van der Waals surface area (Å²) in [6.07, 6.45) is 1.14. The molecular formula is C18H15NO5S. The Balaban J connectivity index is 2.14. The number of nitrogens with zero attached hydrogens (tertiary/aromatic N) is 1. The monoisotopic (exact) mass is 357 g/mol. The number of oxazole rings is 1. The predicted octanol–water partition coefficient (Wildman–Crippen LogP) is 3.20. The van der Waals surface area contributed by atoms with Crippen LogP contribution >= 0.6 is 0 Å². The van der Waals surface area contributed by atoms with Gasteiger partial charge in [-0.1, -0.05) is 42.5 Å². The fourth-order valence-electron chi connectivity index (χ4n) is 2.34. The molecule has 0 aliphatic heterocycles. The highest BCUT2D eigenvalue weighted by Crippen LogP contribution is 2.33. The lowest BCUT2D eigenvalue weighted by molar-refractivity contribution is 0.0557. The first-order valence-electron chi connectivity index (χ1n) is 7.35. The third kappa shape index (κ3) is 3.46. The number of sulfone groups is 1. The Morgan fingerprint density at radius 3 is 2.20 bits per heavy atom. The Morgan fingerprint density at radius 1 is 1.00 bits per heavy atom. The molecule has 0 amide bonds. The normalized spacial score (nSPS) is 11.3. The van der Waals surface area contributed by atoms with Gasteiger partial charge >= 0.3 is 11.9 Å². The van der Waals surface area contributed by atoms with Crippen molar-refractivity contribution in [1.82, 2.24) is 4.98 Å². The van der Waals surface area contributed by atoms with Gasteiger partial charge in [0.1, 0.15) is 5.69 Å². The van der Waals surface area contributed by atoms with Crippen LogP contribution < -0.4 is 0 Å². The SMILES string of the molecule is COC(=O)c1nc(-c2ccc(S(C)(=O)=O)cc2)c(-c2ccccc2)o1. The zero-order valence-corrected chi connectivity index (χ0v) is 14.4. The van der Waals surface area contributed by atoms with E-state index in [1.165, 1.54) is 19.2 Å². The van der Waals surface area contributed by atoms with Gasteiger partial charge in [0.2, 0.25) is 0 Å². The number of aromatic nitrogens is 1. The molecule has 0 aliphatic carbocycles. The summed E-state index contributed by atoms with van der Waals surface area (Å²) in [5.74, 6) is -0.437. The van der Waals surface area contributed by atoms with Crippen molar-refractivity contribution in [2.24, 2.45) is 0 Å². The number of carbonyl (C=O) groups excluding carboxylic acids is 1. The summed E-state index contributed by atoms with van der Waals surface area (Å²) in [6, 6.07) is 15.4. The molecule has 25 heavy (non-hydrogen) atoms. The van der Waals surface area contributed by atoms with Gasteiger partial charge in [0.15, 0.2) is 15.6 Å². The van der Waals surface area contributed by atoms with Crippen LogP contribution in [0, 0.1) is 0 Å². The second kappa shape index (κ2) is 6.52. The van der Waals surface area contributed by atoms with Gasteiger partial charge in [0, 0.05) is 17.4 Å². The zero-order chi connectivity index (χ0) is 18.0. The molecule has 3 aromatic rings. The summed E-state index contributed by atoms with van der Waals surface area (Å²) < 4.78 is 33.5. The molecule has 0 atom stereocenters. The van der Waals surface area contributed by atoms with E-state index in [0.29, 0.717) is 17.0 Å². The Labute approximate surface area is 145 Å².